The minimum atomic E-state index is -3.67. The van der Waals surface area contributed by atoms with Crippen LogP contribution in [0.1, 0.15) is 11.6 Å². The number of nitrogens with zero attached hydrogens (tertiary/aromatic N) is 3. The molecule has 0 saturated carbocycles. The number of rotatable bonds is 3. The zero-order valence-electron chi connectivity index (χ0n) is 20.1. The number of carbonyl (C=O) groups is 1. The van der Waals surface area contributed by atoms with Gasteiger partial charge >= 0.3 is 0 Å². The molecular weight excluding hydrogens is 498 g/mol. The minimum absolute atomic E-state index is 0.407. The van der Waals surface area contributed by atoms with E-state index < -0.39 is 10.1 Å². The van der Waals surface area contributed by atoms with Gasteiger partial charge in [0.25, 0.3) is 16.6 Å². The van der Waals surface area contributed by atoms with Crippen molar-refractivity contribution in [1.29, 1.82) is 0 Å². The van der Waals surface area contributed by atoms with Crippen molar-refractivity contribution in [2.45, 2.75) is 13.8 Å². The Bertz CT molecular complexity index is 1760. The van der Waals surface area contributed by atoms with Gasteiger partial charge in [0.15, 0.2) is 5.58 Å². The van der Waals surface area contributed by atoms with Crippen LogP contribution >= 0.6 is 0 Å². The Balaban J connectivity index is 0.000000154. The average Bonchev–Trinajstić information content (AvgIpc) is 3.52. The van der Waals surface area contributed by atoms with Gasteiger partial charge in [-0.2, -0.15) is 8.42 Å². The summed E-state index contributed by atoms with van der Waals surface area (Å²) in [4.78, 5) is 29.4. The number of H-pyrrole nitrogens is 2. The van der Waals surface area contributed by atoms with Crippen LogP contribution in [-0.2, 0) is 14.9 Å². The summed E-state index contributed by atoms with van der Waals surface area (Å²) >= 11 is 0. The molecule has 0 aliphatic rings. The highest BCUT2D eigenvalue weighted by atomic mass is 32.2. The first-order valence-corrected chi connectivity index (χ1v) is 12.8. The van der Waals surface area contributed by atoms with E-state index in [0.29, 0.717) is 24.4 Å². The minimum Gasteiger partial charge on any atom is -0.436 e. The predicted octanol–water partition coefficient (Wildman–Crippen LogP) is 4.59. The molecule has 0 amide bonds. The quantitative estimate of drug-likeness (QED) is 0.223. The van der Waals surface area contributed by atoms with Gasteiger partial charge in [0.1, 0.15) is 22.9 Å². The van der Waals surface area contributed by atoms with E-state index in [0.717, 1.165) is 50.4 Å². The maximum Gasteiger partial charge on any atom is 0.298 e. The van der Waals surface area contributed by atoms with Crippen molar-refractivity contribution in [3.05, 3.63) is 72.3 Å². The number of carbonyl (C=O) groups excluding carboxylic acids is 1. The van der Waals surface area contributed by atoms with Gasteiger partial charge in [-0.05, 0) is 56.3 Å². The number of imidazole rings is 2. The van der Waals surface area contributed by atoms with Crippen molar-refractivity contribution in [2.75, 3.05) is 6.26 Å². The van der Waals surface area contributed by atoms with E-state index in [-0.39, 0.29) is 0 Å². The highest BCUT2D eigenvalue weighted by molar-refractivity contribution is 7.85. The summed E-state index contributed by atoms with van der Waals surface area (Å²) in [6.45, 7) is 4.23. The van der Waals surface area contributed by atoms with Crippen LogP contribution in [-0.4, -0.2) is 50.6 Å². The van der Waals surface area contributed by atoms with Crippen LogP contribution in [0.4, 0.5) is 0 Å². The molecule has 0 aliphatic carbocycles. The molecule has 0 spiro atoms. The summed E-state index contributed by atoms with van der Waals surface area (Å²) in [5.41, 5.74) is 6.33. The van der Waals surface area contributed by atoms with Crippen molar-refractivity contribution in [2.24, 2.45) is 0 Å². The number of oxazole rings is 1. The summed E-state index contributed by atoms with van der Waals surface area (Å²) in [5, 5.41) is 0. The zero-order valence-corrected chi connectivity index (χ0v) is 20.9. The number of fused-ring (bicyclic) bond motifs is 3. The van der Waals surface area contributed by atoms with Crippen LogP contribution in [0, 0.1) is 13.8 Å². The SMILES string of the molecule is CS(=O)(=O)O.Cc1nc2ccc(-c3nc4ccccc4o3)cc2[nH]1.Cc1nc2ccc(OC=O)cc2[nH]1. The number of aromatic nitrogens is 5. The van der Waals surface area contributed by atoms with E-state index in [1.165, 1.54) is 0 Å². The lowest BCUT2D eigenvalue weighted by atomic mass is 10.2. The third kappa shape index (κ3) is 6.78. The molecule has 0 saturated heterocycles. The molecule has 3 heterocycles. The second kappa shape index (κ2) is 10.6. The van der Waals surface area contributed by atoms with Crippen molar-refractivity contribution < 1.29 is 26.9 Å². The van der Waals surface area contributed by atoms with Gasteiger partial charge in [-0.25, -0.2) is 15.0 Å². The summed E-state index contributed by atoms with van der Waals surface area (Å²) in [7, 11) is -3.67. The lowest BCUT2D eigenvalue weighted by Crippen LogP contribution is -1.88. The van der Waals surface area contributed by atoms with Crippen LogP contribution in [0.3, 0.4) is 0 Å². The number of nitrogens with one attached hydrogen (secondary N) is 2. The number of benzene rings is 3. The van der Waals surface area contributed by atoms with Gasteiger partial charge in [-0.1, -0.05) is 12.1 Å². The molecule has 3 N–H and O–H groups in total. The highest BCUT2D eigenvalue weighted by Crippen LogP contribution is 2.26. The summed E-state index contributed by atoms with van der Waals surface area (Å²) in [5.74, 6) is 2.91. The van der Waals surface area contributed by atoms with Crippen LogP contribution in [0.2, 0.25) is 0 Å². The Kier molecular flexibility index (Phi) is 7.32. The summed E-state index contributed by atoms with van der Waals surface area (Å²) in [6.07, 6.45) is 0.715. The van der Waals surface area contributed by atoms with Gasteiger partial charge < -0.3 is 19.1 Å². The van der Waals surface area contributed by atoms with Crippen molar-refractivity contribution >= 4 is 49.8 Å². The number of aryl methyl sites for hydroxylation is 2. The molecule has 6 rings (SSSR count). The van der Waals surface area contributed by atoms with Crippen molar-refractivity contribution in [1.82, 2.24) is 24.9 Å². The van der Waals surface area contributed by atoms with E-state index >= 15 is 0 Å². The first-order chi connectivity index (χ1) is 17.6. The number of aromatic amines is 2. The molecule has 0 atom stereocenters. The third-order valence-corrected chi connectivity index (χ3v) is 4.90. The molecule has 0 aliphatic heterocycles. The van der Waals surface area contributed by atoms with Gasteiger partial charge in [0.05, 0.1) is 28.3 Å². The average molecular weight is 522 g/mol. The first-order valence-electron chi connectivity index (χ1n) is 10.9. The molecule has 37 heavy (non-hydrogen) atoms. The lowest BCUT2D eigenvalue weighted by molar-refractivity contribution is -0.120. The number of ether oxygens (including phenoxy) is 1. The molecule has 3 aromatic carbocycles. The molecule has 0 unspecified atom stereocenters. The lowest BCUT2D eigenvalue weighted by Gasteiger charge is -1.95. The normalized spacial score (nSPS) is 11.0. The topological polar surface area (TPSA) is 164 Å². The number of hydrogen-bond acceptors (Lipinski definition) is 8. The highest BCUT2D eigenvalue weighted by Gasteiger charge is 2.09. The smallest absolute Gasteiger partial charge is 0.298 e. The Morgan fingerprint density at radius 1 is 0.865 bits per heavy atom. The van der Waals surface area contributed by atoms with Crippen LogP contribution in [0.5, 0.6) is 5.75 Å². The first kappa shape index (κ1) is 25.5. The van der Waals surface area contributed by atoms with Crippen molar-refractivity contribution in [3.63, 3.8) is 0 Å². The van der Waals surface area contributed by atoms with Crippen LogP contribution in [0.15, 0.2) is 65.1 Å². The molecule has 6 aromatic rings. The molecule has 12 heteroatoms. The van der Waals surface area contributed by atoms with E-state index in [1.807, 2.05) is 56.3 Å². The Morgan fingerprint density at radius 2 is 1.46 bits per heavy atom. The Hall–Kier alpha value is -4.55. The largest absolute Gasteiger partial charge is 0.436 e. The Labute approximate surface area is 211 Å². The fourth-order valence-corrected chi connectivity index (χ4v) is 3.51. The number of hydrogen-bond donors (Lipinski definition) is 3. The molecular formula is C25H23N5O6S. The van der Waals surface area contributed by atoms with Gasteiger partial charge in [-0.3, -0.25) is 9.35 Å². The fourth-order valence-electron chi connectivity index (χ4n) is 3.51. The van der Waals surface area contributed by atoms with Crippen molar-refractivity contribution in [3.8, 4) is 17.2 Å². The monoisotopic (exact) mass is 521 g/mol. The van der Waals surface area contributed by atoms with Gasteiger partial charge in [-0.15, -0.1) is 0 Å². The predicted molar refractivity (Wildman–Crippen MR) is 139 cm³/mol. The van der Waals surface area contributed by atoms with E-state index in [4.69, 9.17) is 13.7 Å². The summed E-state index contributed by atoms with van der Waals surface area (Å²) < 4.78 is 36.3. The molecule has 0 radical (unpaired) electrons. The van der Waals surface area contributed by atoms with E-state index in [9.17, 15) is 13.2 Å². The molecule has 0 fully saturated rings. The van der Waals surface area contributed by atoms with Gasteiger partial charge in [0.2, 0.25) is 5.89 Å². The van der Waals surface area contributed by atoms with Gasteiger partial charge in [0, 0.05) is 11.6 Å². The fraction of sp³-hybridized carbons (Fsp3) is 0.120. The molecule has 190 valence electrons. The molecule has 11 nitrogen and oxygen atoms in total. The zero-order chi connectivity index (χ0) is 26.6. The standard InChI is InChI=1S/C15H11N3O.C9H8N2O2.CH4O3S/c1-9-16-11-7-6-10(8-13(11)17-9)15-18-12-4-2-3-5-14(12)19-15;1-6-10-8-3-2-7(13-5-12)4-9(8)11-6;1-5(2,3)4/h2-8H,1H3,(H,16,17);2-5H,1H3,(H,10,11);1H3,(H,2,3,4). The second-order valence-electron chi connectivity index (χ2n) is 7.99. The maximum atomic E-state index is 10.1. The number of para-hydroxylation sites is 2. The molecule has 0 bridgehead atoms. The van der Waals surface area contributed by atoms with Crippen LogP contribution in [0.25, 0.3) is 44.6 Å². The third-order valence-electron chi connectivity index (χ3n) is 4.90. The summed E-state index contributed by atoms with van der Waals surface area (Å²) in [6, 6.07) is 19.0. The maximum absolute atomic E-state index is 10.1. The Morgan fingerprint density at radius 3 is 2.08 bits per heavy atom. The van der Waals surface area contributed by atoms with E-state index in [1.54, 1.807) is 18.2 Å². The molecule has 3 aromatic heterocycles. The van der Waals surface area contributed by atoms with Crippen LogP contribution < -0.4 is 4.74 Å². The second-order valence-corrected chi connectivity index (χ2v) is 9.46. The van der Waals surface area contributed by atoms with E-state index in [2.05, 4.69) is 24.9 Å².